The zero-order valence-corrected chi connectivity index (χ0v) is 29.6. The number of hydrogen-bond donors (Lipinski definition) is 1. The average molecular weight is 740 g/mol. The Morgan fingerprint density at radius 2 is 1.90 bits per heavy atom. The zero-order valence-electron chi connectivity index (χ0n) is 28.1. The maximum absolute atomic E-state index is 14.4. The van der Waals surface area contributed by atoms with E-state index in [1.165, 1.54) is 11.6 Å². The predicted octanol–water partition coefficient (Wildman–Crippen LogP) is 4.63. The molecule has 50 heavy (non-hydrogen) atoms. The molecule has 1 N–H and O–H groups in total. The number of aromatic nitrogens is 8. The fourth-order valence-electron chi connectivity index (χ4n) is 6.73. The molecule has 0 spiro atoms. The molecular weight excluding hydrogens is 704 g/mol. The fraction of sp³-hybridized carbons (Fsp3) is 0.343. The van der Waals surface area contributed by atoms with Gasteiger partial charge in [-0.1, -0.05) is 19.6 Å². The molecule has 3 atom stereocenters. The van der Waals surface area contributed by atoms with Crippen molar-refractivity contribution < 1.29 is 19.1 Å². The van der Waals surface area contributed by atoms with Gasteiger partial charge in [0.1, 0.15) is 34.5 Å². The summed E-state index contributed by atoms with van der Waals surface area (Å²) < 4.78 is 9.81. The number of carbonyl (C=O) groups is 3. The van der Waals surface area contributed by atoms with E-state index in [1.54, 1.807) is 48.7 Å². The number of carbonyl (C=O) groups excluding carboxylic acids is 3. The van der Waals surface area contributed by atoms with Crippen molar-refractivity contribution in [1.29, 1.82) is 0 Å². The van der Waals surface area contributed by atoms with Crippen molar-refractivity contribution in [2.24, 2.45) is 5.41 Å². The molecule has 2 aliphatic rings. The highest BCUT2D eigenvalue weighted by Gasteiger charge is 2.52. The lowest BCUT2D eigenvalue weighted by Crippen LogP contribution is -2.49. The second kappa shape index (κ2) is 12.9. The molecule has 1 saturated heterocycles. The molecule has 2 amide bonds. The Bertz CT molecular complexity index is 2180. The number of nitrogens with zero attached hydrogens (tertiary/aromatic N) is 9. The van der Waals surface area contributed by atoms with Gasteiger partial charge in [0.25, 0.3) is 0 Å². The number of halogens is 1. The van der Waals surface area contributed by atoms with Gasteiger partial charge in [-0.2, -0.15) is 10.2 Å². The standard InChI is InChI=1S/C35H35BrN10O4/c1-19-16-50-17-23-6-7-30(36)41-33(23)42-34(49)28-9-35(5,18-44-14-25(19)12-40-44)21(3)46(28)31(48)15-45-29-13-39-27(24-10-37-22(4)38-11-24)8-26(29)32(43-45)20(2)47/h6-8,10-14,21,28H,1,9,15-18H2,2-5H3,(H,41,42,49)/t21-,28+,35-/m1/s1. The molecule has 14 nitrogen and oxygen atoms in total. The van der Waals surface area contributed by atoms with Crippen LogP contribution in [0.25, 0.3) is 27.7 Å². The van der Waals surface area contributed by atoms with Gasteiger partial charge in [-0.3, -0.25) is 28.7 Å². The van der Waals surface area contributed by atoms with Crippen molar-refractivity contribution in [3.8, 4) is 11.3 Å². The molecule has 7 rings (SSSR count). The first-order valence-electron chi connectivity index (χ1n) is 16.1. The minimum Gasteiger partial charge on any atom is -0.372 e. The number of amides is 2. The number of pyridine rings is 2. The monoisotopic (exact) mass is 738 g/mol. The first-order chi connectivity index (χ1) is 23.9. The highest BCUT2D eigenvalue weighted by Crippen LogP contribution is 2.43. The van der Waals surface area contributed by atoms with Gasteiger partial charge >= 0.3 is 0 Å². The Morgan fingerprint density at radius 3 is 2.66 bits per heavy atom. The van der Waals surface area contributed by atoms with Crippen LogP contribution in [-0.4, -0.2) is 80.7 Å². The normalized spacial score (nSPS) is 21.0. The summed E-state index contributed by atoms with van der Waals surface area (Å²) >= 11 is 3.41. The summed E-state index contributed by atoms with van der Waals surface area (Å²) in [5.41, 5.74) is 3.73. The Kier molecular flexibility index (Phi) is 8.64. The molecule has 0 aliphatic carbocycles. The molecule has 256 valence electrons. The Morgan fingerprint density at radius 1 is 1.12 bits per heavy atom. The molecule has 7 heterocycles. The van der Waals surface area contributed by atoms with Crippen molar-refractivity contribution in [2.45, 2.75) is 65.9 Å². The molecule has 1 fully saturated rings. The number of nitrogens with one attached hydrogen (secondary N) is 1. The minimum atomic E-state index is -0.840. The van der Waals surface area contributed by atoms with Crippen LogP contribution in [-0.2, 0) is 34.0 Å². The van der Waals surface area contributed by atoms with Crippen molar-refractivity contribution in [2.75, 3.05) is 11.9 Å². The third-order valence-electron chi connectivity index (χ3n) is 9.63. The molecule has 0 aromatic carbocycles. The second-order valence-corrected chi connectivity index (χ2v) is 14.0. The summed E-state index contributed by atoms with van der Waals surface area (Å²) in [5, 5.41) is 12.7. The van der Waals surface area contributed by atoms with Crippen LogP contribution in [0, 0.1) is 12.3 Å². The number of anilines is 1. The second-order valence-electron chi connectivity index (χ2n) is 13.2. The van der Waals surface area contributed by atoms with Crippen molar-refractivity contribution in [3.05, 3.63) is 83.0 Å². The maximum atomic E-state index is 14.4. The van der Waals surface area contributed by atoms with Crippen LogP contribution >= 0.6 is 15.9 Å². The first-order valence-corrected chi connectivity index (χ1v) is 16.9. The summed E-state index contributed by atoms with van der Waals surface area (Å²) in [4.78, 5) is 60.6. The Hall–Kier alpha value is -5.15. The van der Waals surface area contributed by atoms with Crippen LogP contribution in [0.2, 0.25) is 0 Å². The zero-order chi connectivity index (χ0) is 35.3. The van der Waals surface area contributed by atoms with E-state index in [9.17, 15) is 14.4 Å². The van der Waals surface area contributed by atoms with E-state index in [0.717, 1.165) is 11.1 Å². The van der Waals surface area contributed by atoms with Crippen LogP contribution < -0.4 is 5.32 Å². The number of likely N-dealkylation sites (tertiary alicyclic amines) is 1. The highest BCUT2D eigenvalue weighted by molar-refractivity contribution is 9.10. The number of fused-ring (bicyclic) bond motifs is 6. The van der Waals surface area contributed by atoms with Crippen molar-refractivity contribution in [1.82, 2.24) is 44.4 Å². The number of aryl methyl sites for hydroxylation is 1. The van der Waals surface area contributed by atoms with Gasteiger partial charge in [0.15, 0.2) is 5.78 Å². The molecule has 15 heteroatoms. The lowest BCUT2D eigenvalue weighted by molar-refractivity contribution is -0.139. The van der Waals surface area contributed by atoms with Gasteiger partial charge in [-0.05, 0) is 53.9 Å². The molecule has 2 aliphatic heterocycles. The summed E-state index contributed by atoms with van der Waals surface area (Å²) in [6, 6.07) is 4.15. The van der Waals surface area contributed by atoms with E-state index in [4.69, 9.17) is 4.74 Å². The quantitative estimate of drug-likeness (QED) is 0.203. The molecular formula is C35H35BrN10O4. The van der Waals surface area contributed by atoms with Gasteiger partial charge in [0.2, 0.25) is 11.8 Å². The average Bonchev–Trinajstić information content (AvgIpc) is 3.76. The Balaban J connectivity index is 1.25. The van der Waals surface area contributed by atoms with Crippen LogP contribution in [0.1, 0.15) is 54.6 Å². The number of hydrogen-bond acceptors (Lipinski definition) is 10. The third-order valence-corrected chi connectivity index (χ3v) is 10.1. The largest absolute Gasteiger partial charge is 0.372 e. The van der Waals surface area contributed by atoms with Gasteiger partial charge in [-0.15, -0.1) is 0 Å². The highest BCUT2D eigenvalue weighted by atomic mass is 79.9. The van der Waals surface area contributed by atoms with Crippen LogP contribution in [0.4, 0.5) is 5.82 Å². The summed E-state index contributed by atoms with van der Waals surface area (Å²) in [5.74, 6) is 0.00527. The summed E-state index contributed by atoms with van der Waals surface area (Å²) in [7, 11) is 0. The lowest BCUT2D eigenvalue weighted by Gasteiger charge is -2.33. The predicted molar refractivity (Wildman–Crippen MR) is 188 cm³/mol. The van der Waals surface area contributed by atoms with E-state index in [1.807, 2.05) is 23.9 Å². The first kappa shape index (κ1) is 33.4. The number of Topliss-reactive ketones (excluding diaryl/α,β-unsaturated/α-hetero) is 1. The topological polar surface area (TPSA) is 163 Å². The fourth-order valence-corrected chi connectivity index (χ4v) is 7.04. The van der Waals surface area contributed by atoms with Crippen LogP contribution in [0.3, 0.4) is 0 Å². The lowest BCUT2D eigenvalue weighted by atomic mass is 9.82. The summed E-state index contributed by atoms with van der Waals surface area (Å²) in [6.07, 6.45) is 8.96. The molecule has 0 radical (unpaired) electrons. The van der Waals surface area contributed by atoms with E-state index in [-0.39, 0.29) is 49.1 Å². The van der Waals surface area contributed by atoms with Crippen LogP contribution in [0.5, 0.6) is 0 Å². The number of ether oxygens (including phenoxy) is 1. The van der Waals surface area contributed by atoms with E-state index in [0.29, 0.717) is 56.9 Å². The Labute approximate surface area is 296 Å². The maximum Gasteiger partial charge on any atom is 0.248 e. The summed E-state index contributed by atoms with van der Waals surface area (Å²) in [6.45, 7) is 12.1. The van der Waals surface area contributed by atoms with E-state index >= 15 is 0 Å². The molecule has 4 bridgehead atoms. The van der Waals surface area contributed by atoms with Crippen molar-refractivity contribution >= 4 is 55.8 Å². The van der Waals surface area contributed by atoms with Gasteiger partial charge < -0.3 is 15.0 Å². The van der Waals surface area contributed by atoms with Gasteiger partial charge in [-0.25, -0.2) is 15.0 Å². The number of ketones is 1. The van der Waals surface area contributed by atoms with Crippen molar-refractivity contribution in [3.63, 3.8) is 0 Å². The molecule has 0 saturated carbocycles. The van der Waals surface area contributed by atoms with Crippen LogP contribution in [0.15, 0.2) is 60.4 Å². The third kappa shape index (κ3) is 6.22. The minimum absolute atomic E-state index is 0.183. The molecule has 0 unspecified atom stereocenters. The SMILES string of the molecule is C=C1COCc2ccc(Br)nc2NC(=O)[C@@H]2C[C@](C)(Cn3cc1cn3)[C@@H](C)N2C(=O)Cn1nc(C(C)=O)c2cc(-c3cnc(C)nc3)ncc21. The molecule has 5 aromatic heterocycles. The van der Waals surface area contributed by atoms with Gasteiger partial charge in [0, 0.05) is 65.6 Å². The van der Waals surface area contributed by atoms with Gasteiger partial charge in [0.05, 0.1) is 36.8 Å². The van der Waals surface area contributed by atoms with E-state index in [2.05, 4.69) is 64.9 Å². The molecule has 5 aromatic rings. The smallest absolute Gasteiger partial charge is 0.248 e. The number of rotatable bonds is 4. The van der Waals surface area contributed by atoms with E-state index < -0.39 is 11.5 Å².